The second-order valence-corrected chi connectivity index (χ2v) is 9.05. The molecule has 4 rings (SSSR count). The minimum atomic E-state index is -0.970. The van der Waals surface area contributed by atoms with E-state index in [1.807, 2.05) is 0 Å². The Morgan fingerprint density at radius 2 is 1.96 bits per heavy atom. The third-order valence-electron chi connectivity index (χ3n) is 8.47. The molecule has 0 amide bonds. The lowest BCUT2D eigenvalue weighted by molar-refractivity contribution is -0.109. The summed E-state index contributed by atoms with van der Waals surface area (Å²) in [5.41, 5.74) is -0.0138. The molecule has 132 valence electrons. The molecule has 7 atom stereocenters. The van der Waals surface area contributed by atoms with Gasteiger partial charge in [0, 0.05) is 10.8 Å². The monoisotopic (exact) mass is 330 g/mol. The van der Waals surface area contributed by atoms with E-state index in [1.165, 1.54) is 5.57 Å². The summed E-state index contributed by atoms with van der Waals surface area (Å²) in [7, 11) is 0. The first-order valence-electron chi connectivity index (χ1n) is 9.59. The molecule has 3 heteroatoms. The van der Waals surface area contributed by atoms with Crippen molar-refractivity contribution in [2.24, 2.45) is 28.6 Å². The second kappa shape index (κ2) is 5.34. The summed E-state index contributed by atoms with van der Waals surface area (Å²) < 4.78 is 0. The van der Waals surface area contributed by atoms with Crippen LogP contribution in [0, 0.1) is 40.9 Å². The predicted molar refractivity (Wildman–Crippen MR) is 92.9 cm³/mol. The first kappa shape index (κ1) is 16.6. The number of hydrogen-bond donors (Lipinski definition) is 3. The summed E-state index contributed by atoms with van der Waals surface area (Å²) in [6.45, 7) is 2.38. The maximum Gasteiger partial charge on any atom is 0.130 e. The Morgan fingerprint density at radius 1 is 1.21 bits per heavy atom. The molecule has 0 aliphatic heterocycles. The summed E-state index contributed by atoms with van der Waals surface area (Å²) in [6, 6.07) is 0. The molecule has 4 aliphatic carbocycles. The highest BCUT2D eigenvalue weighted by Gasteiger charge is 2.63. The van der Waals surface area contributed by atoms with Gasteiger partial charge in [0.2, 0.25) is 0 Å². The van der Waals surface area contributed by atoms with Gasteiger partial charge in [0.15, 0.2) is 0 Å². The SMILES string of the molecule is C#C[C@]1(O)CC[C@H]2[C@@H]3CC=C4C[C@@H](O)CC[C@]4(CO)[C@H]3CC[C@@]21C. The van der Waals surface area contributed by atoms with E-state index >= 15 is 0 Å². The number of rotatable bonds is 1. The first-order valence-corrected chi connectivity index (χ1v) is 9.59. The van der Waals surface area contributed by atoms with Gasteiger partial charge in [0.1, 0.15) is 5.60 Å². The molecular weight excluding hydrogens is 300 g/mol. The number of fused-ring (bicyclic) bond motifs is 5. The zero-order valence-corrected chi connectivity index (χ0v) is 14.7. The summed E-state index contributed by atoms with van der Waals surface area (Å²) in [4.78, 5) is 0. The quantitative estimate of drug-likeness (QED) is 0.512. The Morgan fingerprint density at radius 3 is 2.67 bits per heavy atom. The Kier molecular flexibility index (Phi) is 3.70. The van der Waals surface area contributed by atoms with Crippen LogP contribution in [0.15, 0.2) is 11.6 Å². The van der Waals surface area contributed by atoms with Crippen LogP contribution in [-0.4, -0.2) is 33.6 Å². The van der Waals surface area contributed by atoms with Gasteiger partial charge in [0.25, 0.3) is 0 Å². The molecule has 0 aromatic rings. The summed E-state index contributed by atoms with van der Waals surface area (Å²) in [5.74, 6) is 4.12. The number of terminal acetylenes is 1. The molecule has 3 fully saturated rings. The highest BCUT2D eigenvalue weighted by molar-refractivity contribution is 5.29. The van der Waals surface area contributed by atoms with Crippen LogP contribution in [0.3, 0.4) is 0 Å². The molecule has 0 spiro atoms. The minimum Gasteiger partial charge on any atom is -0.395 e. The molecule has 3 N–H and O–H groups in total. The zero-order valence-electron chi connectivity index (χ0n) is 14.7. The first-order chi connectivity index (χ1) is 11.4. The van der Waals surface area contributed by atoms with Crippen molar-refractivity contribution in [2.75, 3.05) is 6.61 Å². The smallest absolute Gasteiger partial charge is 0.130 e. The van der Waals surface area contributed by atoms with Crippen molar-refractivity contribution in [1.29, 1.82) is 0 Å². The highest BCUT2D eigenvalue weighted by atomic mass is 16.3. The lowest BCUT2D eigenvalue weighted by atomic mass is 9.46. The third-order valence-corrected chi connectivity index (χ3v) is 8.47. The van der Waals surface area contributed by atoms with Crippen molar-refractivity contribution >= 4 is 0 Å². The van der Waals surface area contributed by atoms with E-state index in [2.05, 4.69) is 18.9 Å². The molecule has 3 saturated carbocycles. The third kappa shape index (κ3) is 1.91. The maximum absolute atomic E-state index is 11.0. The van der Waals surface area contributed by atoms with Crippen LogP contribution < -0.4 is 0 Å². The molecule has 0 aromatic heterocycles. The molecule has 0 heterocycles. The molecule has 0 bridgehead atoms. The Balaban J connectivity index is 1.72. The normalized spacial score (nSPS) is 53.4. The molecule has 0 radical (unpaired) electrons. The minimum absolute atomic E-state index is 0.139. The van der Waals surface area contributed by atoms with Crippen molar-refractivity contribution in [3.8, 4) is 12.3 Å². The maximum atomic E-state index is 11.0. The van der Waals surface area contributed by atoms with E-state index in [0.29, 0.717) is 24.2 Å². The second-order valence-electron chi connectivity index (χ2n) is 9.05. The van der Waals surface area contributed by atoms with Crippen molar-refractivity contribution in [2.45, 2.75) is 70.0 Å². The van der Waals surface area contributed by atoms with E-state index in [4.69, 9.17) is 6.42 Å². The van der Waals surface area contributed by atoms with Crippen LogP contribution in [0.2, 0.25) is 0 Å². The van der Waals surface area contributed by atoms with Gasteiger partial charge in [-0.3, -0.25) is 0 Å². The number of aliphatic hydroxyl groups excluding tert-OH is 2. The van der Waals surface area contributed by atoms with Crippen LogP contribution in [0.25, 0.3) is 0 Å². The predicted octanol–water partition coefficient (Wildman–Crippen LogP) is 2.65. The standard InChI is InChI=1S/C21H30O3/c1-3-21(24)11-8-17-16-5-4-14-12-15(23)6-10-20(14,13-22)18(16)7-9-19(17,21)2/h1,4,15-18,22-24H,5-13H2,2H3/t15-,16-,17-,18-,19-,20+,21-/m0/s1. The van der Waals surface area contributed by atoms with Gasteiger partial charge in [-0.15, -0.1) is 6.42 Å². The number of hydrogen-bond acceptors (Lipinski definition) is 3. The van der Waals surface area contributed by atoms with Crippen molar-refractivity contribution in [1.82, 2.24) is 0 Å². The van der Waals surface area contributed by atoms with Crippen molar-refractivity contribution in [3.63, 3.8) is 0 Å². The van der Waals surface area contributed by atoms with E-state index < -0.39 is 5.60 Å². The molecule has 0 unspecified atom stereocenters. The van der Waals surface area contributed by atoms with Gasteiger partial charge in [-0.25, -0.2) is 0 Å². The van der Waals surface area contributed by atoms with Gasteiger partial charge in [-0.1, -0.05) is 24.5 Å². The van der Waals surface area contributed by atoms with E-state index in [0.717, 1.165) is 44.9 Å². The Labute approximate surface area is 145 Å². The lowest BCUT2D eigenvalue weighted by Crippen LogP contribution is -2.55. The summed E-state index contributed by atoms with van der Waals surface area (Å²) in [5, 5.41) is 31.4. The molecule has 3 nitrogen and oxygen atoms in total. The lowest BCUT2D eigenvalue weighted by Gasteiger charge is -2.58. The molecule has 0 saturated heterocycles. The van der Waals surface area contributed by atoms with Crippen LogP contribution in [0.5, 0.6) is 0 Å². The molecule has 0 aromatic carbocycles. The van der Waals surface area contributed by atoms with Gasteiger partial charge >= 0.3 is 0 Å². The van der Waals surface area contributed by atoms with Crippen LogP contribution >= 0.6 is 0 Å². The van der Waals surface area contributed by atoms with Crippen LogP contribution in [0.4, 0.5) is 0 Å². The van der Waals surface area contributed by atoms with Gasteiger partial charge < -0.3 is 15.3 Å². The highest BCUT2D eigenvalue weighted by Crippen LogP contribution is 2.66. The molecular formula is C21H30O3. The van der Waals surface area contributed by atoms with Crippen molar-refractivity contribution < 1.29 is 15.3 Å². The number of aliphatic hydroxyl groups is 3. The largest absolute Gasteiger partial charge is 0.395 e. The zero-order chi connectivity index (χ0) is 17.2. The molecule has 4 aliphatic rings. The summed E-state index contributed by atoms with van der Waals surface area (Å²) in [6.07, 6.45) is 14.8. The Hall–Kier alpha value is -0.820. The fraction of sp³-hybridized carbons (Fsp3) is 0.810. The van der Waals surface area contributed by atoms with E-state index in [1.54, 1.807) is 0 Å². The van der Waals surface area contributed by atoms with E-state index in [9.17, 15) is 15.3 Å². The average molecular weight is 330 g/mol. The summed E-state index contributed by atoms with van der Waals surface area (Å²) >= 11 is 0. The van der Waals surface area contributed by atoms with Crippen LogP contribution in [0.1, 0.15) is 58.3 Å². The van der Waals surface area contributed by atoms with Crippen LogP contribution in [-0.2, 0) is 0 Å². The van der Waals surface area contributed by atoms with Gasteiger partial charge in [0.05, 0.1) is 12.7 Å². The number of allylic oxidation sites excluding steroid dienone is 1. The van der Waals surface area contributed by atoms with E-state index in [-0.39, 0.29) is 23.5 Å². The Bertz CT molecular complexity index is 605. The fourth-order valence-electron chi connectivity index (χ4n) is 6.99. The molecule has 24 heavy (non-hydrogen) atoms. The van der Waals surface area contributed by atoms with Gasteiger partial charge in [-0.2, -0.15) is 0 Å². The van der Waals surface area contributed by atoms with Crippen molar-refractivity contribution in [3.05, 3.63) is 11.6 Å². The fourth-order valence-corrected chi connectivity index (χ4v) is 6.99. The average Bonchev–Trinajstić information content (AvgIpc) is 2.86. The topological polar surface area (TPSA) is 60.7 Å². The van der Waals surface area contributed by atoms with Gasteiger partial charge in [-0.05, 0) is 69.1 Å².